The third-order valence-corrected chi connectivity index (χ3v) is 2.18. The average molecular weight is 241 g/mol. The molecule has 0 fully saturated rings. The van der Waals surface area contributed by atoms with Gasteiger partial charge in [0.1, 0.15) is 11.0 Å². The lowest BCUT2D eigenvalue weighted by Crippen LogP contribution is -2.11. The summed E-state index contributed by atoms with van der Waals surface area (Å²) < 4.78 is 6.36. The van der Waals surface area contributed by atoms with E-state index >= 15 is 0 Å². The molecule has 2 aromatic heterocycles. The lowest BCUT2D eigenvalue weighted by atomic mass is 10.5. The van der Waals surface area contributed by atoms with Gasteiger partial charge in [-0.3, -0.25) is 4.40 Å². The van der Waals surface area contributed by atoms with Crippen LogP contribution in [0.3, 0.4) is 0 Å². The van der Waals surface area contributed by atoms with Crippen LogP contribution >= 0.6 is 11.6 Å². The number of hydrogen-bond acceptors (Lipinski definition) is 5. The van der Waals surface area contributed by atoms with E-state index in [4.69, 9.17) is 16.3 Å². The maximum Gasteiger partial charge on any atom is 0.376 e. The molecule has 0 spiro atoms. The molecule has 0 saturated carbocycles. The number of nitrogens with zero attached hydrogens (tertiary/aromatic N) is 4. The maximum absolute atomic E-state index is 11.6. The fraction of sp³-hybridized carbons (Fsp3) is 0.333. The zero-order valence-electron chi connectivity index (χ0n) is 8.77. The highest BCUT2D eigenvalue weighted by atomic mass is 35.5. The Bertz CT molecular complexity index is 552. The zero-order chi connectivity index (χ0) is 11.7. The number of ether oxygens (including phenoxy) is 1. The van der Waals surface area contributed by atoms with Crippen molar-refractivity contribution in [3.63, 3.8) is 0 Å². The van der Waals surface area contributed by atoms with Crippen molar-refractivity contribution in [2.24, 2.45) is 0 Å². The molecule has 2 heterocycles. The van der Waals surface area contributed by atoms with Gasteiger partial charge in [-0.25, -0.2) is 9.78 Å². The van der Waals surface area contributed by atoms with Crippen LogP contribution in [0.1, 0.15) is 23.4 Å². The van der Waals surface area contributed by atoms with Crippen molar-refractivity contribution in [2.75, 3.05) is 6.61 Å². The van der Waals surface area contributed by atoms with Gasteiger partial charge in [0.2, 0.25) is 5.82 Å². The Morgan fingerprint density at radius 3 is 3.00 bits per heavy atom. The van der Waals surface area contributed by atoms with Crippen LogP contribution in [-0.2, 0) is 4.74 Å². The van der Waals surface area contributed by atoms with E-state index in [-0.39, 0.29) is 12.4 Å². The van der Waals surface area contributed by atoms with Crippen molar-refractivity contribution < 1.29 is 9.53 Å². The number of aryl methyl sites for hydroxylation is 1. The summed E-state index contributed by atoms with van der Waals surface area (Å²) in [7, 11) is 0. The molecule has 0 amide bonds. The lowest BCUT2D eigenvalue weighted by Gasteiger charge is -2.02. The van der Waals surface area contributed by atoms with Gasteiger partial charge in [-0.2, -0.15) is 0 Å². The van der Waals surface area contributed by atoms with Crippen molar-refractivity contribution in [2.45, 2.75) is 13.8 Å². The van der Waals surface area contributed by atoms with Gasteiger partial charge in [0.25, 0.3) is 0 Å². The Hall–Kier alpha value is -1.69. The Morgan fingerprint density at radius 2 is 2.31 bits per heavy atom. The molecule has 16 heavy (non-hydrogen) atoms. The Labute approximate surface area is 96.2 Å². The van der Waals surface area contributed by atoms with E-state index < -0.39 is 5.97 Å². The largest absolute Gasteiger partial charge is 0.460 e. The standard InChI is InChI=1S/C9H9ClN4O2/c1-3-16-9(15)8-13-12-7-4-6(10)11-5(2)14(7)8/h4H,3H2,1-2H3. The van der Waals surface area contributed by atoms with Crippen molar-refractivity contribution in [1.82, 2.24) is 19.6 Å². The number of fused-ring (bicyclic) bond motifs is 1. The van der Waals surface area contributed by atoms with Crippen molar-refractivity contribution in [1.29, 1.82) is 0 Å². The number of aromatic nitrogens is 4. The molecule has 6 nitrogen and oxygen atoms in total. The fourth-order valence-electron chi connectivity index (χ4n) is 1.38. The molecule has 0 aliphatic heterocycles. The van der Waals surface area contributed by atoms with Crippen molar-refractivity contribution >= 4 is 23.2 Å². The highest BCUT2D eigenvalue weighted by Crippen LogP contribution is 2.12. The highest BCUT2D eigenvalue weighted by Gasteiger charge is 2.17. The monoisotopic (exact) mass is 240 g/mol. The predicted molar refractivity (Wildman–Crippen MR) is 56.5 cm³/mol. The summed E-state index contributed by atoms with van der Waals surface area (Å²) in [5, 5.41) is 7.90. The molecule has 0 aliphatic carbocycles. The van der Waals surface area contributed by atoms with Crippen LogP contribution in [0.15, 0.2) is 6.07 Å². The van der Waals surface area contributed by atoms with E-state index in [1.807, 2.05) is 0 Å². The van der Waals surface area contributed by atoms with Crippen LogP contribution in [0, 0.1) is 6.92 Å². The van der Waals surface area contributed by atoms with Gasteiger partial charge >= 0.3 is 5.97 Å². The summed E-state index contributed by atoms with van der Waals surface area (Å²) in [6, 6.07) is 1.53. The van der Waals surface area contributed by atoms with Gasteiger partial charge in [0, 0.05) is 6.07 Å². The zero-order valence-corrected chi connectivity index (χ0v) is 9.52. The maximum atomic E-state index is 11.6. The average Bonchev–Trinajstić information content (AvgIpc) is 2.61. The van der Waals surface area contributed by atoms with Gasteiger partial charge in [-0.1, -0.05) is 11.6 Å². The molecule has 0 aromatic carbocycles. The van der Waals surface area contributed by atoms with E-state index in [0.717, 1.165) is 0 Å². The third kappa shape index (κ3) is 1.71. The summed E-state index contributed by atoms with van der Waals surface area (Å²) in [4.78, 5) is 15.6. The minimum Gasteiger partial charge on any atom is -0.460 e. The quantitative estimate of drug-likeness (QED) is 0.584. The second kappa shape index (κ2) is 4.05. The van der Waals surface area contributed by atoms with E-state index in [1.165, 1.54) is 10.5 Å². The van der Waals surface area contributed by atoms with Gasteiger partial charge < -0.3 is 4.74 Å². The molecule has 84 valence electrons. The first-order chi connectivity index (χ1) is 7.63. The second-order valence-electron chi connectivity index (χ2n) is 3.06. The SMILES string of the molecule is CCOC(=O)c1nnc2cc(Cl)nc(C)n12. The number of halogens is 1. The van der Waals surface area contributed by atoms with Crippen molar-refractivity contribution in [3.8, 4) is 0 Å². The molecule has 0 saturated heterocycles. The molecular formula is C9H9ClN4O2. The lowest BCUT2D eigenvalue weighted by molar-refractivity contribution is 0.0510. The summed E-state index contributed by atoms with van der Waals surface area (Å²) in [6.45, 7) is 3.72. The summed E-state index contributed by atoms with van der Waals surface area (Å²) in [5.41, 5.74) is 0.473. The molecule has 2 rings (SSSR count). The Kier molecular flexibility index (Phi) is 2.74. The molecular weight excluding hydrogens is 232 g/mol. The van der Waals surface area contributed by atoms with Gasteiger partial charge in [-0.05, 0) is 13.8 Å². The normalized spacial score (nSPS) is 10.7. The van der Waals surface area contributed by atoms with Gasteiger partial charge in [0.15, 0.2) is 5.65 Å². The fourth-order valence-corrected chi connectivity index (χ4v) is 1.60. The van der Waals surface area contributed by atoms with Crippen LogP contribution in [0.2, 0.25) is 5.15 Å². The Balaban J connectivity index is 2.60. The molecule has 0 unspecified atom stereocenters. The van der Waals surface area contributed by atoms with Crippen LogP contribution in [0.25, 0.3) is 5.65 Å². The minimum atomic E-state index is -0.526. The van der Waals surface area contributed by atoms with Crippen LogP contribution in [0.4, 0.5) is 0 Å². The number of hydrogen-bond donors (Lipinski definition) is 0. The number of esters is 1. The number of carbonyl (C=O) groups excluding carboxylic acids is 1. The molecule has 0 bridgehead atoms. The Morgan fingerprint density at radius 1 is 1.56 bits per heavy atom. The first-order valence-corrected chi connectivity index (χ1v) is 5.06. The smallest absolute Gasteiger partial charge is 0.376 e. The molecule has 2 aromatic rings. The van der Waals surface area contributed by atoms with Crippen LogP contribution in [0.5, 0.6) is 0 Å². The van der Waals surface area contributed by atoms with E-state index in [9.17, 15) is 4.79 Å². The topological polar surface area (TPSA) is 69.4 Å². The first-order valence-electron chi connectivity index (χ1n) is 4.69. The summed E-state index contributed by atoms with van der Waals surface area (Å²) >= 11 is 5.77. The second-order valence-corrected chi connectivity index (χ2v) is 3.45. The molecule has 0 atom stereocenters. The van der Waals surface area contributed by atoms with Gasteiger partial charge in [0.05, 0.1) is 6.61 Å². The highest BCUT2D eigenvalue weighted by molar-refractivity contribution is 6.29. The van der Waals surface area contributed by atoms with Crippen LogP contribution in [-0.4, -0.2) is 32.2 Å². The van der Waals surface area contributed by atoms with E-state index in [2.05, 4.69) is 15.2 Å². The summed E-state index contributed by atoms with van der Waals surface area (Å²) in [6.07, 6.45) is 0. The molecule has 0 aliphatic rings. The first kappa shape index (κ1) is 10.8. The predicted octanol–water partition coefficient (Wildman–Crippen LogP) is 1.26. The number of rotatable bonds is 2. The molecule has 0 N–H and O–H groups in total. The van der Waals surface area contributed by atoms with Crippen LogP contribution < -0.4 is 0 Å². The summed E-state index contributed by atoms with van der Waals surface area (Å²) in [5.74, 6) is 0.122. The molecule has 7 heteroatoms. The number of carbonyl (C=O) groups is 1. The minimum absolute atomic E-state index is 0.110. The van der Waals surface area contributed by atoms with Gasteiger partial charge in [-0.15, -0.1) is 10.2 Å². The van der Waals surface area contributed by atoms with E-state index in [0.29, 0.717) is 16.6 Å². The van der Waals surface area contributed by atoms with Crippen molar-refractivity contribution in [3.05, 3.63) is 22.9 Å². The molecule has 0 radical (unpaired) electrons. The third-order valence-electron chi connectivity index (χ3n) is 1.99. The van der Waals surface area contributed by atoms with E-state index in [1.54, 1.807) is 13.8 Å².